The highest BCUT2D eigenvalue weighted by Crippen LogP contribution is 2.32. The zero-order valence-corrected chi connectivity index (χ0v) is 11.8. The second-order valence-corrected chi connectivity index (χ2v) is 5.10. The molecule has 5 heteroatoms. The molecule has 0 spiro atoms. The smallest absolute Gasteiger partial charge is 0.224 e. The first kappa shape index (κ1) is 14.3. The average Bonchev–Trinajstić information content (AvgIpc) is 2.51. The van der Waals surface area contributed by atoms with Gasteiger partial charge in [-0.05, 0) is 12.5 Å². The molecule has 0 saturated heterocycles. The molecule has 0 saturated carbocycles. The van der Waals surface area contributed by atoms with Crippen LogP contribution in [0.5, 0.6) is 5.75 Å². The topological polar surface area (TPSA) is 61.7 Å². The Bertz CT molecular complexity index is 742. The lowest BCUT2D eigenvalue weighted by molar-refractivity contribution is -0.116. The third-order valence-corrected chi connectivity index (χ3v) is 3.48. The van der Waals surface area contributed by atoms with E-state index in [-0.39, 0.29) is 29.3 Å². The van der Waals surface area contributed by atoms with Gasteiger partial charge in [-0.25, -0.2) is 4.39 Å². The van der Waals surface area contributed by atoms with Gasteiger partial charge in [-0.1, -0.05) is 30.3 Å². The third kappa shape index (κ3) is 2.83. The summed E-state index contributed by atoms with van der Waals surface area (Å²) in [6.07, 6.45) is 0.868. The van der Waals surface area contributed by atoms with Crippen molar-refractivity contribution in [2.45, 2.75) is 12.8 Å². The Hall–Kier alpha value is -2.69. The fraction of sp³-hybridized carbons (Fsp3) is 0.176. The van der Waals surface area contributed by atoms with Crippen molar-refractivity contribution in [1.82, 2.24) is 0 Å². The Labute approximate surface area is 127 Å². The maximum atomic E-state index is 13.9. The maximum absolute atomic E-state index is 13.9. The molecule has 0 atom stereocenters. The number of rotatable bonds is 1. The van der Waals surface area contributed by atoms with Crippen molar-refractivity contribution in [1.29, 1.82) is 0 Å². The monoisotopic (exact) mass is 298 g/mol. The first-order chi connectivity index (χ1) is 10.6. The number of nitrogens with one attached hydrogen (secondary N) is 1. The van der Waals surface area contributed by atoms with E-state index in [2.05, 4.69) is 10.3 Å². The number of carbonyl (C=O) groups is 1. The Morgan fingerprint density at radius 2 is 1.95 bits per heavy atom. The molecule has 22 heavy (non-hydrogen) atoms. The first-order valence-corrected chi connectivity index (χ1v) is 7.08. The van der Waals surface area contributed by atoms with Crippen molar-refractivity contribution in [2.24, 2.45) is 4.99 Å². The minimum atomic E-state index is -0.535. The molecule has 1 amide bonds. The van der Waals surface area contributed by atoms with Crippen molar-refractivity contribution in [3.63, 3.8) is 0 Å². The van der Waals surface area contributed by atoms with Crippen LogP contribution < -0.4 is 5.32 Å². The number of aliphatic imine (C=N–C) groups is 1. The maximum Gasteiger partial charge on any atom is 0.224 e. The molecule has 1 aliphatic heterocycles. The highest BCUT2D eigenvalue weighted by atomic mass is 19.1. The average molecular weight is 298 g/mol. The van der Waals surface area contributed by atoms with Crippen LogP contribution in [0, 0.1) is 5.82 Å². The van der Waals surface area contributed by atoms with E-state index in [0.29, 0.717) is 18.7 Å². The highest BCUT2D eigenvalue weighted by molar-refractivity contribution is 6.15. The standard InChI is InChI=1S/C17H15FN2O2/c18-12-9-13-16(11-5-2-1-3-6-11)19-8-4-7-15(21)20-14(10-12)17(13)22/h1-3,5-6,9-10,22H,4,7-8H2,(H,20,21). The zero-order chi connectivity index (χ0) is 15.5. The molecule has 112 valence electrons. The van der Waals surface area contributed by atoms with E-state index in [4.69, 9.17) is 0 Å². The summed E-state index contributed by atoms with van der Waals surface area (Å²) in [6.45, 7) is 0.433. The van der Waals surface area contributed by atoms with Crippen molar-refractivity contribution in [2.75, 3.05) is 11.9 Å². The van der Waals surface area contributed by atoms with Gasteiger partial charge in [0.05, 0.1) is 11.4 Å². The Balaban J connectivity index is 2.19. The van der Waals surface area contributed by atoms with Crippen LogP contribution in [0.15, 0.2) is 47.5 Å². The molecule has 2 aromatic carbocycles. The number of fused-ring (bicyclic) bond motifs is 2. The fourth-order valence-electron chi connectivity index (χ4n) is 2.45. The molecule has 0 radical (unpaired) electrons. The predicted molar refractivity (Wildman–Crippen MR) is 82.9 cm³/mol. The molecule has 0 unspecified atom stereocenters. The van der Waals surface area contributed by atoms with Crippen molar-refractivity contribution in [3.8, 4) is 5.75 Å². The molecule has 4 nitrogen and oxygen atoms in total. The van der Waals surface area contributed by atoms with E-state index in [1.54, 1.807) is 0 Å². The highest BCUT2D eigenvalue weighted by Gasteiger charge is 2.19. The minimum absolute atomic E-state index is 0.0746. The van der Waals surface area contributed by atoms with Crippen molar-refractivity contribution < 1.29 is 14.3 Å². The molecule has 0 fully saturated rings. The van der Waals surface area contributed by atoms with Crippen LogP contribution in [0.2, 0.25) is 0 Å². The number of halogens is 1. The van der Waals surface area contributed by atoms with Gasteiger partial charge in [0.25, 0.3) is 0 Å². The second kappa shape index (κ2) is 5.97. The lowest BCUT2D eigenvalue weighted by atomic mass is 9.99. The number of phenols is 1. The SMILES string of the molecule is O=C1CCCN=C(c2ccccc2)c2cc(F)cc(c2O)N1. The minimum Gasteiger partial charge on any atom is -0.505 e. The molecule has 0 aliphatic carbocycles. The quantitative estimate of drug-likeness (QED) is 0.795. The summed E-state index contributed by atoms with van der Waals surface area (Å²) in [5.74, 6) is -0.961. The lowest BCUT2D eigenvalue weighted by Gasteiger charge is -2.15. The van der Waals surface area contributed by atoms with Gasteiger partial charge in [-0.2, -0.15) is 0 Å². The Morgan fingerprint density at radius 3 is 2.73 bits per heavy atom. The van der Waals surface area contributed by atoms with Crippen molar-refractivity contribution in [3.05, 3.63) is 59.4 Å². The van der Waals surface area contributed by atoms with Crippen LogP contribution in [0.1, 0.15) is 24.0 Å². The number of hydrogen-bond donors (Lipinski definition) is 2. The van der Waals surface area contributed by atoms with Crippen LogP contribution in [0.25, 0.3) is 0 Å². The van der Waals surface area contributed by atoms with Gasteiger partial charge in [0.2, 0.25) is 5.91 Å². The molecular formula is C17H15FN2O2. The van der Waals surface area contributed by atoms with Crippen LogP contribution >= 0.6 is 0 Å². The third-order valence-electron chi connectivity index (χ3n) is 3.48. The summed E-state index contributed by atoms with van der Waals surface area (Å²) < 4.78 is 13.9. The van der Waals surface area contributed by atoms with Crippen LogP contribution in [0.4, 0.5) is 10.1 Å². The second-order valence-electron chi connectivity index (χ2n) is 5.10. The number of benzene rings is 2. The van der Waals surface area contributed by atoms with Crippen LogP contribution in [-0.2, 0) is 4.79 Å². The van der Waals surface area contributed by atoms with Gasteiger partial charge in [0.15, 0.2) is 0 Å². The molecule has 2 aromatic rings. The van der Waals surface area contributed by atoms with Gasteiger partial charge in [0.1, 0.15) is 11.6 Å². The molecule has 3 rings (SSSR count). The summed E-state index contributed by atoms with van der Waals surface area (Å²) >= 11 is 0. The zero-order valence-electron chi connectivity index (χ0n) is 11.8. The summed E-state index contributed by atoms with van der Waals surface area (Å²) in [5.41, 5.74) is 1.67. The molecular weight excluding hydrogens is 283 g/mol. The van der Waals surface area contributed by atoms with E-state index in [1.807, 2.05) is 30.3 Å². The van der Waals surface area contributed by atoms with Gasteiger partial charge in [-0.3, -0.25) is 9.79 Å². The molecule has 1 aliphatic rings. The van der Waals surface area contributed by atoms with Gasteiger partial charge in [-0.15, -0.1) is 0 Å². The molecule has 2 N–H and O–H groups in total. The number of aromatic hydroxyl groups is 1. The molecule has 2 bridgehead atoms. The summed E-state index contributed by atoms with van der Waals surface area (Å²) in [6, 6.07) is 11.6. The lowest BCUT2D eigenvalue weighted by Crippen LogP contribution is -2.15. The van der Waals surface area contributed by atoms with Crippen LogP contribution in [-0.4, -0.2) is 23.3 Å². The number of amides is 1. The van der Waals surface area contributed by atoms with Crippen LogP contribution in [0.3, 0.4) is 0 Å². The molecule has 1 heterocycles. The summed E-state index contributed by atoms with van der Waals surface area (Å²) in [7, 11) is 0. The van der Waals surface area contributed by atoms with E-state index in [9.17, 15) is 14.3 Å². The fourth-order valence-corrected chi connectivity index (χ4v) is 2.45. The molecule has 0 aromatic heterocycles. The number of carbonyl (C=O) groups excluding carboxylic acids is 1. The predicted octanol–water partition coefficient (Wildman–Crippen LogP) is 3.10. The van der Waals surface area contributed by atoms with E-state index >= 15 is 0 Å². The number of phenolic OH excluding ortho intramolecular Hbond substituents is 1. The number of nitrogens with zero attached hydrogens (tertiary/aromatic N) is 1. The summed E-state index contributed by atoms with van der Waals surface area (Å²) in [4.78, 5) is 16.2. The van der Waals surface area contributed by atoms with E-state index in [0.717, 1.165) is 11.6 Å². The first-order valence-electron chi connectivity index (χ1n) is 7.08. The van der Waals surface area contributed by atoms with Gasteiger partial charge in [0, 0.05) is 30.2 Å². The Morgan fingerprint density at radius 1 is 1.18 bits per heavy atom. The van der Waals surface area contributed by atoms with E-state index in [1.165, 1.54) is 6.07 Å². The van der Waals surface area contributed by atoms with Crippen molar-refractivity contribution >= 4 is 17.3 Å². The summed E-state index contributed by atoms with van der Waals surface area (Å²) in [5, 5.41) is 12.9. The normalized spacial score (nSPS) is 15.0. The van der Waals surface area contributed by atoms with Gasteiger partial charge < -0.3 is 10.4 Å². The number of hydrogen-bond acceptors (Lipinski definition) is 3. The van der Waals surface area contributed by atoms with Gasteiger partial charge >= 0.3 is 0 Å². The Kier molecular flexibility index (Phi) is 3.87. The largest absolute Gasteiger partial charge is 0.505 e. The number of anilines is 1. The van der Waals surface area contributed by atoms with E-state index < -0.39 is 5.82 Å².